The van der Waals surface area contributed by atoms with Crippen molar-refractivity contribution >= 4 is 0 Å². The molecule has 3 heteroatoms. The quantitative estimate of drug-likeness (QED) is 0.622. The second-order valence-corrected chi connectivity index (χ2v) is 5.20. The molecule has 0 amide bonds. The summed E-state index contributed by atoms with van der Waals surface area (Å²) in [6, 6.07) is 0.487. The summed E-state index contributed by atoms with van der Waals surface area (Å²) < 4.78 is 0. The Labute approximate surface area is 85.5 Å². The molecule has 0 aromatic rings. The Morgan fingerprint density at radius 2 is 1.79 bits per heavy atom. The Morgan fingerprint density at radius 3 is 2.36 bits per heavy atom. The monoisotopic (exact) mass is 196 g/mol. The van der Waals surface area contributed by atoms with Crippen molar-refractivity contribution in [1.29, 1.82) is 0 Å². The van der Waals surface area contributed by atoms with E-state index in [1.807, 2.05) is 0 Å². The molecule has 2 saturated heterocycles. The van der Waals surface area contributed by atoms with Crippen LogP contribution in [-0.4, -0.2) is 48.3 Å². The van der Waals surface area contributed by atoms with Crippen LogP contribution in [0.25, 0.3) is 0 Å². The van der Waals surface area contributed by atoms with Crippen LogP contribution < -0.4 is 5.32 Å². The number of nitrogens with one attached hydrogen (secondary N) is 1. The second-order valence-electron chi connectivity index (χ2n) is 5.20. The first-order valence-corrected chi connectivity index (χ1v) is 5.97. The molecule has 3 rings (SSSR count). The molecule has 3 nitrogen and oxygen atoms in total. The normalized spacial score (nSPS) is 48.6. The number of aliphatic hydroxyl groups excluding tert-OH is 1. The minimum absolute atomic E-state index is 0.0400. The lowest BCUT2D eigenvalue weighted by atomic mass is 10.0. The molecule has 3 fully saturated rings. The van der Waals surface area contributed by atoms with Crippen LogP contribution in [0.5, 0.6) is 0 Å². The number of nitrogens with zero attached hydrogens (tertiary/aromatic N) is 1. The molecule has 2 heterocycles. The zero-order valence-electron chi connectivity index (χ0n) is 8.65. The first-order chi connectivity index (χ1) is 6.84. The third kappa shape index (κ3) is 1.38. The average Bonchev–Trinajstić information content (AvgIpc) is 2.75. The third-order valence-electron chi connectivity index (χ3n) is 4.33. The lowest BCUT2D eigenvalue weighted by molar-refractivity contribution is 0.0809. The van der Waals surface area contributed by atoms with E-state index >= 15 is 0 Å². The number of fused-ring (bicyclic) bond motifs is 1. The summed E-state index contributed by atoms with van der Waals surface area (Å²) >= 11 is 0. The zero-order valence-corrected chi connectivity index (χ0v) is 8.65. The van der Waals surface area contributed by atoms with Gasteiger partial charge in [0.05, 0.1) is 6.10 Å². The zero-order chi connectivity index (χ0) is 9.54. The van der Waals surface area contributed by atoms with Crippen LogP contribution in [0.3, 0.4) is 0 Å². The predicted octanol–water partition coefficient (Wildman–Crippen LogP) is 0.0510. The summed E-state index contributed by atoms with van der Waals surface area (Å²) in [6.07, 6.45) is 3.42. The van der Waals surface area contributed by atoms with Gasteiger partial charge in [0.15, 0.2) is 0 Å². The first-order valence-electron chi connectivity index (χ1n) is 5.97. The predicted molar refractivity (Wildman–Crippen MR) is 55.1 cm³/mol. The van der Waals surface area contributed by atoms with Crippen molar-refractivity contribution in [3.63, 3.8) is 0 Å². The van der Waals surface area contributed by atoms with E-state index < -0.39 is 0 Å². The maximum absolute atomic E-state index is 9.86. The number of likely N-dealkylation sites (tertiary alicyclic amines) is 1. The maximum atomic E-state index is 9.86. The Hall–Kier alpha value is -0.120. The van der Waals surface area contributed by atoms with E-state index in [1.54, 1.807) is 0 Å². The molecule has 0 bridgehead atoms. The van der Waals surface area contributed by atoms with Crippen LogP contribution in [0.15, 0.2) is 0 Å². The molecule has 0 spiro atoms. The van der Waals surface area contributed by atoms with Gasteiger partial charge >= 0.3 is 0 Å². The third-order valence-corrected chi connectivity index (χ3v) is 4.33. The summed E-state index contributed by atoms with van der Waals surface area (Å²) in [5.74, 6) is 1.73. The fraction of sp³-hybridized carbons (Fsp3) is 1.00. The van der Waals surface area contributed by atoms with E-state index in [-0.39, 0.29) is 6.10 Å². The number of rotatable bonds is 1. The van der Waals surface area contributed by atoms with Crippen molar-refractivity contribution in [3.8, 4) is 0 Å². The van der Waals surface area contributed by atoms with E-state index in [4.69, 9.17) is 0 Å². The smallest absolute Gasteiger partial charge is 0.0695 e. The van der Waals surface area contributed by atoms with Crippen molar-refractivity contribution in [3.05, 3.63) is 0 Å². The van der Waals surface area contributed by atoms with Crippen LogP contribution in [0, 0.1) is 11.8 Å². The lowest BCUT2D eigenvalue weighted by Crippen LogP contribution is -2.40. The molecule has 0 radical (unpaired) electrons. The van der Waals surface area contributed by atoms with E-state index in [1.165, 1.54) is 39.0 Å². The standard InChI is InChI=1S/C11H20N2O/c14-11-3-1-2-10(11)13-6-8-4-12-5-9(8)7-13/h8-12,14H,1-7H2. The Balaban J connectivity index is 1.65. The molecule has 2 N–H and O–H groups in total. The van der Waals surface area contributed by atoms with E-state index in [2.05, 4.69) is 10.2 Å². The van der Waals surface area contributed by atoms with Gasteiger partial charge in [-0.3, -0.25) is 4.90 Å². The van der Waals surface area contributed by atoms with Gasteiger partial charge in [-0.2, -0.15) is 0 Å². The number of hydrogen-bond donors (Lipinski definition) is 2. The summed E-state index contributed by atoms with van der Waals surface area (Å²) in [5.41, 5.74) is 0. The summed E-state index contributed by atoms with van der Waals surface area (Å²) in [7, 11) is 0. The summed E-state index contributed by atoms with van der Waals surface area (Å²) in [6.45, 7) is 4.84. The van der Waals surface area contributed by atoms with Gasteiger partial charge in [0, 0.05) is 19.1 Å². The fourth-order valence-electron chi connectivity index (χ4n) is 3.51. The van der Waals surface area contributed by atoms with E-state index in [0.29, 0.717) is 6.04 Å². The van der Waals surface area contributed by atoms with Gasteiger partial charge in [0.25, 0.3) is 0 Å². The van der Waals surface area contributed by atoms with Crippen LogP contribution >= 0.6 is 0 Å². The Morgan fingerprint density at radius 1 is 1.07 bits per heavy atom. The average molecular weight is 196 g/mol. The molecule has 14 heavy (non-hydrogen) atoms. The highest BCUT2D eigenvalue weighted by molar-refractivity contribution is 4.96. The van der Waals surface area contributed by atoms with Gasteiger partial charge in [0.1, 0.15) is 0 Å². The molecule has 3 aliphatic rings. The largest absolute Gasteiger partial charge is 0.391 e. The van der Waals surface area contributed by atoms with Gasteiger partial charge in [-0.1, -0.05) is 0 Å². The van der Waals surface area contributed by atoms with Crippen LogP contribution in [-0.2, 0) is 0 Å². The highest BCUT2D eigenvalue weighted by Crippen LogP contribution is 2.33. The van der Waals surface area contributed by atoms with E-state index in [0.717, 1.165) is 18.3 Å². The van der Waals surface area contributed by atoms with Gasteiger partial charge in [-0.25, -0.2) is 0 Å². The van der Waals surface area contributed by atoms with Crippen molar-refractivity contribution in [2.24, 2.45) is 11.8 Å². The maximum Gasteiger partial charge on any atom is 0.0695 e. The van der Waals surface area contributed by atoms with Gasteiger partial charge in [-0.05, 0) is 44.2 Å². The molecular weight excluding hydrogens is 176 g/mol. The van der Waals surface area contributed by atoms with Crippen molar-refractivity contribution < 1.29 is 5.11 Å². The molecule has 1 saturated carbocycles. The van der Waals surface area contributed by atoms with Gasteiger partial charge < -0.3 is 10.4 Å². The van der Waals surface area contributed by atoms with Crippen molar-refractivity contribution in [1.82, 2.24) is 10.2 Å². The topological polar surface area (TPSA) is 35.5 Å². The van der Waals surface area contributed by atoms with Gasteiger partial charge in [-0.15, -0.1) is 0 Å². The van der Waals surface area contributed by atoms with E-state index in [9.17, 15) is 5.11 Å². The molecule has 4 unspecified atom stereocenters. The molecule has 2 aliphatic heterocycles. The number of hydrogen-bond acceptors (Lipinski definition) is 3. The second kappa shape index (κ2) is 3.47. The van der Waals surface area contributed by atoms with Gasteiger partial charge in [0.2, 0.25) is 0 Å². The SMILES string of the molecule is OC1CCCC1N1CC2CNCC2C1. The first kappa shape index (κ1) is 9.13. The highest BCUT2D eigenvalue weighted by Gasteiger charge is 2.41. The lowest BCUT2D eigenvalue weighted by Gasteiger charge is -2.27. The molecule has 0 aromatic carbocycles. The minimum Gasteiger partial charge on any atom is -0.391 e. The molecule has 4 atom stereocenters. The van der Waals surface area contributed by atoms with Crippen molar-refractivity contribution in [2.75, 3.05) is 26.2 Å². The van der Waals surface area contributed by atoms with Crippen LogP contribution in [0.1, 0.15) is 19.3 Å². The summed E-state index contributed by atoms with van der Waals surface area (Å²) in [5, 5.41) is 13.3. The minimum atomic E-state index is -0.0400. The number of aliphatic hydroxyl groups is 1. The molecule has 80 valence electrons. The molecule has 1 aliphatic carbocycles. The fourth-order valence-corrected chi connectivity index (χ4v) is 3.51. The summed E-state index contributed by atoms with van der Waals surface area (Å²) in [4.78, 5) is 2.55. The van der Waals surface area contributed by atoms with Crippen LogP contribution in [0.4, 0.5) is 0 Å². The Bertz CT molecular complexity index is 209. The van der Waals surface area contributed by atoms with Crippen LogP contribution in [0.2, 0.25) is 0 Å². The molecular formula is C11H20N2O. The molecule has 0 aromatic heterocycles. The Kier molecular flexibility index (Phi) is 2.26. The van der Waals surface area contributed by atoms with Crippen molar-refractivity contribution in [2.45, 2.75) is 31.4 Å². The highest BCUT2D eigenvalue weighted by atomic mass is 16.3.